The maximum Gasteiger partial charge on any atom is 0.119 e. The molecule has 0 aromatic heterocycles. The SMILES string of the molecule is ClCC#Cc1ccc(OCCC2CC2)cc1. The van der Waals surface area contributed by atoms with Gasteiger partial charge in [0.2, 0.25) is 0 Å². The molecule has 1 fully saturated rings. The van der Waals surface area contributed by atoms with Gasteiger partial charge in [-0.15, -0.1) is 11.6 Å². The van der Waals surface area contributed by atoms with Crippen molar-refractivity contribution >= 4 is 11.6 Å². The highest BCUT2D eigenvalue weighted by Crippen LogP contribution is 2.32. The van der Waals surface area contributed by atoms with E-state index in [1.807, 2.05) is 24.3 Å². The molecule has 16 heavy (non-hydrogen) atoms. The summed E-state index contributed by atoms with van der Waals surface area (Å²) in [5.74, 6) is 8.02. The fraction of sp³-hybridized carbons (Fsp3) is 0.429. The van der Waals surface area contributed by atoms with E-state index < -0.39 is 0 Å². The highest BCUT2D eigenvalue weighted by atomic mass is 35.5. The lowest BCUT2D eigenvalue weighted by Gasteiger charge is -2.04. The normalized spacial score (nSPS) is 14.1. The minimum atomic E-state index is 0.375. The second kappa shape index (κ2) is 5.82. The quantitative estimate of drug-likeness (QED) is 0.573. The minimum Gasteiger partial charge on any atom is -0.494 e. The van der Waals surface area contributed by atoms with E-state index in [-0.39, 0.29) is 0 Å². The Bertz CT molecular complexity index is 381. The van der Waals surface area contributed by atoms with Gasteiger partial charge in [-0.05, 0) is 36.6 Å². The van der Waals surface area contributed by atoms with Crippen LogP contribution >= 0.6 is 11.6 Å². The standard InChI is InChI=1S/C14H15ClO/c15-10-1-2-12-5-7-14(8-6-12)16-11-9-13-3-4-13/h5-8,13H,3-4,9-11H2. The summed E-state index contributed by atoms with van der Waals surface area (Å²) in [4.78, 5) is 0. The molecule has 1 aromatic rings. The van der Waals surface area contributed by atoms with Crippen molar-refractivity contribution in [3.05, 3.63) is 29.8 Å². The van der Waals surface area contributed by atoms with E-state index in [9.17, 15) is 0 Å². The van der Waals surface area contributed by atoms with Crippen molar-refractivity contribution in [3.63, 3.8) is 0 Å². The summed E-state index contributed by atoms with van der Waals surface area (Å²) in [6.07, 6.45) is 3.96. The molecule has 0 atom stereocenters. The van der Waals surface area contributed by atoms with Crippen molar-refractivity contribution in [1.29, 1.82) is 0 Å². The average Bonchev–Trinajstić information content (AvgIpc) is 3.12. The molecule has 1 saturated carbocycles. The average molecular weight is 235 g/mol. The second-order valence-electron chi connectivity index (χ2n) is 4.04. The molecule has 1 nitrogen and oxygen atoms in total. The molecule has 1 aliphatic carbocycles. The van der Waals surface area contributed by atoms with Crippen molar-refractivity contribution in [2.75, 3.05) is 12.5 Å². The Kier molecular flexibility index (Phi) is 4.13. The maximum atomic E-state index is 5.64. The van der Waals surface area contributed by atoms with Gasteiger partial charge in [0.1, 0.15) is 5.75 Å². The Morgan fingerprint density at radius 1 is 1.25 bits per heavy atom. The van der Waals surface area contributed by atoms with Crippen LogP contribution in [0.1, 0.15) is 24.8 Å². The number of ether oxygens (including phenoxy) is 1. The van der Waals surface area contributed by atoms with Gasteiger partial charge in [-0.2, -0.15) is 0 Å². The molecule has 2 heteroatoms. The lowest BCUT2D eigenvalue weighted by Crippen LogP contribution is -1.97. The zero-order valence-corrected chi connectivity index (χ0v) is 9.96. The van der Waals surface area contributed by atoms with Crippen LogP contribution in [0.4, 0.5) is 0 Å². The zero-order chi connectivity index (χ0) is 11.2. The first-order valence-corrected chi connectivity index (χ1v) is 6.19. The minimum absolute atomic E-state index is 0.375. The zero-order valence-electron chi connectivity index (χ0n) is 9.21. The number of hydrogen-bond acceptors (Lipinski definition) is 1. The number of alkyl halides is 1. The molecule has 0 N–H and O–H groups in total. The van der Waals surface area contributed by atoms with Crippen LogP contribution in [0.3, 0.4) is 0 Å². The van der Waals surface area contributed by atoms with Crippen LogP contribution in [0.15, 0.2) is 24.3 Å². The summed E-state index contributed by atoms with van der Waals surface area (Å²) >= 11 is 5.49. The van der Waals surface area contributed by atoms with Crippen LogP contribution in [-0.2, 0) is 0 Å². The Hall–Kier alpha value is -1.13. The van der Waals surface area contributed by atoms with Gasteiger partial charge < -0.3 is 4.74 Å². The molecule has 0 aliphatic heterocycles. The van der Waals surface area contributed by atoms with Gasteiger partial charge in [-0.3, -0.25) is 0 Å². The number of benzene rings is 1. The fourth-order valence-corrected chi connectivity index (χ4v) is 1.59. The van der Waals surface area contributed by atoms with Crippen molar-refractivity contribution in [2.45, 2.75) is 19.3 Å². The van der Waals surface area contributed by atoms with Crippen molar-refractivity contribution in [1.82, 2.24) is 0 Å². The van der Waals surface area contributed by atoms with Crippen LogP contribution in [-0.4, -0.2) is 12.5 Å². The summed E-state index contributed by atoms with van der Waals surface area (Å²) in [5.41, 5.74) is 0.982. The van der Waals surface area contributed by atoms with Gasteiger partial charge in [0, 0.05) is 5.56 Å². The summed E-state index contributed by atoms with van der Waals surface area (Å²) in [6, 6.07) is 7.86. The molecule has 0 amide bonds. The van der Waals surface area contributed by atoms with Crippen LogP contribution < -0.4 is 4.74 Å². The summed E-state index contributed by atoms with van der Waals surface area (Å²) in [6.45, 7) is 0.831. The largest absolute Gasteiger partial charge is 0.494 e. The predicted octanol–water partition coefficient (Wildman–Crippen LogP) is 3.46. The summed E-state index contributed by atoms with van der Waals surface area (Å²) in [7, 11) is 0. The Labute approximate surface area is 102 Å². The fourth-order valence-electron chi connectivity index (χ4n) is 1.52. The van der Waals surface area contributed by atoms with Crippen LogP contribution in [0.5, 0.6) is 5.75 Å². The van der Waals surface area contributed by atoms with Crippen LogP contribution in [0.25, 0.3) is 0 Å². The topological polar surface area (TPSA) is 9.23 Å². The van der Waals surface area contributed by atoms with Gasteiger partial charge in [-0.25, -0.2) is 0 Å². The van der Waals surface area contributed by atoms with Gasteiger partial charge >= 0.3 is 0 Å². The third-order valence-corrected chi connectivity index (χ3v) is 2.78. The maximum absolute atomic E-state index is 5.64. The van der Waals surface area contributed by atoms with Crippen LogP contribution in [0.2, 0.25) is 0 Å². The van der Waals surface area contributed by atoms with Gasteiger partial charge in [0.05, 0.1) is 12.5 Å². The first-order chi connectivity index (χ1) is 7.88. The third kappa shape index (κ3) is 3.79. The first-order valence-electron chi connectivity index (χ1n) is 5.66. The lowest BCUT2D eigenvalue weighted by atomic mass is 10.2. The number of hydrogen-bond donors (Lipinski definition) is 0. The summed E-state index contributed by atoms with van der Waals surface area (Å²) in [5, 5.41) is 0. The molecule has 1 aliphatic rings. The molecule has 2 rings (SSSR count). The van der Waals surface area contributed by atoms with Gasteiger partial charge in [0.25, 0.3) is 0 Å². The third-order valence-electron chi connectivity index (χ3n) is 2.65. The van der Waals surface area contributed by atoms with Crippen molar-refractivity contribution < 1.29 is 4.74 Å². The Balaban J connectivity index is 1.80. The highest BCUT2D eigenvalue weighted by molar-refractivity contribution is 6.19. The molecule has 0 saturated heterocycles. The predicted molar refractivity (Wildman–Crippen MR) is 66.9 cm³/mol. The Morgan fingerprint density at radius 2 is 2.00 bits per heavy atom. The lowest BCUT2D eigenvalue weighted by molar-refractivity contribution is 0.302. The molecular formula is C14H15ClO. The monoisotopic (exact) mass is 234 g/mol. The molecule has 1 aromatic carbocycles. The first kappa shape index (κ1) is 11.4. The highest BCUT2D eigenvalue weighted by Gasteiger charge is 2.20. The smallest absolute Gasteiger partial charge is 0.119 e. The second-order valence-corrected chi connectivity index (χ2v) is 4.31. The summed E-state index contributed by atoms with van der Waals surface area (Å²) < 4.78 is 5.64. The van der Waals surface area contributed by atoms with E-state index in [0.717, 1.165) is 23.8 Å². The van der Waals surface area contributed by atoms with E-state index in [4.69, 9.17) is 16.3 Å². The molecule has 0 bridgehead atoms. The van der Waals surface area contributed by atoms with Gasteiger partial charge in [-0.1, -0.05) is 24.7 Å². The molecule has 84 valence electrons. The van der Waals surface area contributed by atoms with E-state index >= 15 is 0 Å². The molecule has 0 radical (unpaired) electrons. The molecular weight excluding hydrogens is 220 g/mol. The van der Waals surface area contributed by atoms with Gasteiger partial charge in [0.15, 0.2) is 0 Å². The molecule has 0 heterocycles. The van der Waals surface area contributed by atoms with Crippen molar-refractivity contribution in [3.8, 4) is 17.6 Å². The van der Waals surface area contributed by atoms with E-state index in [1.54, 1.807) is 0 Å². The van der Waals surface area contributed by atoms with E-state index in [0.29, 0.717) is 5.88 Å². The Morgan fingerprint density at radius 3 is 2.62 bits per heavy atom. The van der Waals surface area contributed by atoms with Crippen molar-refractivity contribution in [2.24, 2.45) is 5.92 Å². The number of rotatable bonds is 4. The van der Waals surface area contributed by atoms with E-state index in [2.05, 4.69) is 11.8 Å². The van der Waals surface area contributed by atoms with Crippen LogP contribution in [0, 0.1) is 17.8 Å². The van der Waals surface area contributed by atoms with E-state index in [1.165, 1.54) is 19.3 Å². The molecule has 0 unspecified atom stereocenters. The number of halogens is 1. The molecule has 0 spiro atoms.